The third-order valence-electron chi connectivity index (χ3n) is 3.62. The van der Waals surface area contributed by atoms with E-state index in [0.29, 0.717) is 5.56 Å². The van der Waals surface area contributed by atoms with E-state index >= 15 is 0 Å². The molecule has 0 saturated heterocycles. The molecule has 0 saturated carbocycles. The second-order valence-corrected chi connectivity index (χ2v) is 5.24. The number of non-ortho nitro benzene ring substituents is 1. The molecule has 120 valence electrons. The molecule has 1 heterocycles. The highest BCUT2D eigenvalue weighted by Crippen LogP contribution is 2.21. The largest absolute Gasteiger partial charge is 0.402 e. The molecule has 0 aliphatic carbocycles. The van der Waals surface area contributed by atoms with E-state index < -0.39 is 10.9 Å². The number of carbonyl (C=O) groups is 1. The standard InChI is InChI=1S/C18H14N2O4/c1-2-12-6-8-13(9-7-12)10-16-18(21)24-17(19-16)14-4-3-5-15(11-14)20(22)23/h3-11H,2H2,1H3/b16-10-. The minimum Gasteiger partial charge on any atom is -0.402 e. The molecule has 0 amide bonds. The zero-order chi connectivity index (χ0) is 17.1. The highest BCUT2D eigenvalue weighted by atomic mass is 16.6. The van der Waals surface area contributed by atoms with E-state index in [9.17, 15) is 14.9 Å². The van der Waals surface area contributed by atoms with Crippen molar-refractivity contribution in [3.05, 3.63) is 81.0 Å². The van der Waals surface area contributed by atoms with Gasteiger partial charge in [-0.15, -0.1) is 0 Å². The van der Waals surface area contributed by atoms with Gasteiger partial charge in [-0.25, -0.2) is 9.79 Å². The van der Waals surface area contributed by atoms with Crippen LogP contribution in [-0.2, 0) is 16.0 Å². The summed E-state index contributed by atoms with van der Waals surface area (Å²) in [7, 11) is 0. The van der Waals surface area contributed by atoms with Crippen LogP contribution in [0, 0.1) is 10.1 Å². The van der Waals surface area contributed by atoms with Crippen molar-refractivity contribution < 1.29 is 14.5 Å². The number of hydrogen-bond donors (Lipinski definition) is 0. The number of hydrogen-bond acceptors (Lipinski definition) is 5. The molecule has 0 bridgehead atoms. The number of nitrogens with zero attached hydrogens (tertiary/aromatic N) is 2. The van der Waals surface area contributed by atoms with Crippen LogP contribution in [0.4, 0.5) is 5.69 Å². The van der Waals surface area contributed by atoms with Crippen LogP contribution in [0.25, 0.3) is 6.08 Å². The minimum absolute atomic E-state index is 0.0696. The Morgan fingerprint density at radius 3 is 2.62 bits per heavy atom. The van der Waals surface area contributed by atoms with Crippen molar-refractivity contribution in [2.75, 3.05) is 0 Å². The van der Waals surface area contributed by atoms with Gasteiger partial charge in [0.2, 0.25) is 5.90 Å². The molecule has 24 heavy (non-hydrogen) atoms. The zero-order valence-electron chi connectivity index (χ0n) is 12.9. The molecule has 2 aromatic carbocycles. The first kappa shape index (κ1) is 15.6. The van der Waals surface area contributed by atoms with E-state index in [-0.39, 0.29) is 17.3 Å². The summed E-state index contributed by atoms with van der Waals surface area (Å²) in [5.41, 5.74) is 2.51. The van der Waals surface area contributed by atoms with Crippen molar-refractivity contribution in [3.63, 3.8) is 0 Å². The number of esters is 1. The molecule has 6 nitrogen and oxygen atoms in total. The summed E-state index contributed by atoms with van der Waals surface area (Å²) in [5, 5.41) is 10.8. The molecule has 0 N–H and O–H groups in total. The highest BCUT2D eigenvalue weighted by molar-refractivity contribution is 6.13. The summed E-state index contributed by atoms with van der Waals surface area (Å²) in [6.07, 6.45) is 2.57. The third-order valence-corrected chi connectivity index (χ3v) is 3.62. The molecule has 0 radical (unpaired) electrons. The van der Waals surface area contributed by atoms with Crippen molar-refractivity contribution in [2.45, 2.75) is 13.3 Å². The number of rotatable bonds is 4. The van der Waals surface area contributed by atoms with Crippen LogP contribution in [0.2, 0.25) is 0 Å². The van der Waals surface area contributed by atoms with Gasteiger partial charge in [0.1, 0.15) is 0 Å². The molecular formula is C18H14N2O4. The van der Waals surface area contributed by atoms with Gasteiger partial charge in [0.05, 0.1) is 4.92 Å². The van der Waals surface area contributed by atoms with E-state index in [1.165, 1.54) is 23.8 Å². The van der Waals surface area contributed by atoms with Crippen molar-refractivity contribution in [1.29, 1.82) is 0 Å². The number of nitro groups is 1. The van der Waals surface area contributed by atoms with Crippen LogP contribution >= 0.6 is 0 Å². The Morgan fingerprint density at radius 2 is 1.96 bits per heavy atom. The molecule has 1 aliphatic rings. The van der Waals surface area contributed by atoms with E-state index in [4.69, 9.17) is 4.74 Å². The summed E-state index contributed by atoms with van der Waals surface area (Å²) >= 11 is 0. The van der Waals surface area contributed by atoms with E-state index in [1.54, 1.807) is 12.1 Å². The molecule has 0 atom stereocenters. The van der Waals surface area contributed by atoms with Gasteiger partial charge in [-0.2, -0.15) is 0 Å². The molecule has 0 fully saturated rings. The van der Waals surface area contributed by atoms with Crippen LogP contribution in [0.15, 0.2) is 59.2 Å². The lowest BCUT2D eigenvalue weighted by molar-refractivity contribution is -0.384. The first-order valence-electron chi connectivity index (χ1n) is 7.43. The van der Waals surface area contributed by atoms with Gasteiger partial charge in [0.15, 0.2) is 5.70 Å². The normalized spacial score (nSPS) is 15.3. The van der Waals surface area contributed by atoms with E-state index in [2.05, 4.69) is 11.9 Å². The van der Waals surface area contributed by atoms with Gasteiger partial charge < -0.3 is 4.74 Å². The molecule has 0 aromatic heterocycles. The van der Waals surface area contributed by atoms with Crippen LogP contribution in [0.1, 0.15) is 23.6 Å². The van der Waals surface area contributed by atoms with Crippen molar-refractivity contribution >= 4 is 23.6 Å². The predicted molar refractivity (Wildman–Crippen MR) is 89.5 cm³/mol. The predicted octanol–water partition coefficient (Wildman–Crippen LogP) is 3.50. The lowest BCUT2D eigenvalue weighted by Gasteiger charge is -1.98. The zero-order valence-corrected chi connectivity index (χ0v) is 12.9. The summed E-state index contributed by atoms with van der Waals surface area (Å²) in [6, 6.07) is 13.6. The quantitative estimate of drug-likeness (QED) is 0.373. The van der Waals surface area contributed by atoms with E-state index in [1.807, 2.05) is 24.3 Å². The number of nitro benzene ring substituents is 1. The van der Waals surface area contributed by atoms with Gasteiger partial charge >= 0.3 is 5.97 Å². The van der Waals surface area contributed by atoms with Gasteiger partial charge in [0.25, 0.3) is 5.69 Å². The number of ether oxygens (including phenoxy) is 1. The Balaban J connectivity index is 1.91. The van der Waals surface area contributed by atoms with Crippen LogP contribution in [0.3, 0.4) is 0 Å². The topological polar surface area (TPSA) is 81.8 Å². The third kappa shape index (κ3) is 3.22. The minimum atomic E-state index is -0.573. The fourth-order valence-electron chi connectivity index (χ4n) is 2.29. The SMILES string of the molecule is CCc1ccc(/C=C2\N=C(c3cccc([N+](=O)[O-])c3)OC2=O)cc1. The fourth-order valence-corrected chi connectivity index (χ4v) is 2.29. The average Bonchev–Trinajstić information content (AvgIpc) is 2.96. The number of benzene rings is 2. The van der Waals surface area contributed by atoms with Gasteiger partial charge in [-0.05, 0) is 29.7 Å². The average molecular weight is 322 g/mol. The van der Waals surface area contributed by atoms with Crippen LogP contribution in [-0.4, -0.2) is 16.8 Å². The number of cyclic esters (lactones) is 1. The Bertz CT molecular complexity index is 867. The Labute approximate surface area is 138 Å². The van der Waals surface area contributed by atoms with Crippen molar-refractivity contribution in [3.8, 4) is 0 Å². The van der Waals surface area contributed by atoms with Gasteiger partial charge in [-0.3, -0.25) is 10.1 Å². The summed E-state index contributed by atoms with van der Waals surface area (Å²) in [4.78, 5) is 26.5. The lowest BCUT2D eigenvalue weighted by atomic mass is 10.1. The number of carbonyl (C=O) groups excluding carboxylic acids is 1. The second-order valence-electron chi connectivity index (χ2n) is 5.24. The maximum absolute atomic E-state index is 12.0. The fraction of sp³-hybridized carbons (Fsp3) is 0.111. The number of aliphatic imine (C=N–C) groups is 1. The summed E-state index contributed by atoms with van der Waals surface area (Å²) in [6.45, 7) is 2.07. The molecule has 3 rings (SSSR count). The first-order valence-corrected chi connectivity index (χ1v) is 7.43. The highest BCUT2D eigenvalue weighted by Gasteiger charge is 2.25. The smallest absolute Gasteiger partial charge is 0.363 e. The van der Waals surface area contributed by atoms with Crippen molar-refractivity contribution in [1.82, 2.24) is 0 Å². The van der Waals surface area contributed by atoms with Crippen LogP contribution in [0.5, 0.6) is 0 Å². The maximum atomic E-state index is 12.0. The van der Waals surface area contributed by atoms with Crippen LogP contribution < -0.4 is 0 Å². The van der Waals surface area contributed by atoms with Crippen molar-refractivity contribution in [2.24, 2.45) is 4.99 Å². The molecule has 0 unspecified atom stereocenters. The summed E-state index contributed by atoms with van der Waals surface area (Å²) in [5.74, 6) is -0.504. The first-order chi connectivity index (χ1) is 11.6. The molecule has 2 aromatic rings. The number of aryl methyl sites for hydroxylation is 1. The Morgan fingerprint density at radius 1 is 1.21 bits per heavy atom. The van der Waals surface area contributed by atoms with Gasteiger partial charge in [-0.1, -0.05) is 37.3 Å². The van der Waals surface area contributed by atoms with E-state index in [0.717, 1.165) is 12.0 Å². The Hall–Kier alpha value is -3.28. The summed E-state index contributed by atoms with van der Waals surface area (Å²) < 4.78 is 5.13. The monoisotopic (exact) mass is 322 g/mol. The maximum Gasteiger partial charge on any atom is 0.363 e. The molecular weight excluding hydrogens is 308 g/mol. The molecule has 6 heteroatoms. The second kappa shape index (κ2) is 6.45. The molecule has 1 aliphatic heterocycles. The lowest BCUT2D eigenvalue weighted by Crippen LogP contribution is -2.05. The Kier molecular flexibility index (Phi) is 4.20. The van der Waals surface area contributed by atoms with Gasteiger partial charge in [0, 0.05) is 17.7 Å². The molecule has 0 spiro atoms.